The fourth-order valence-electron chi connectivity index (χ4n) is 3.88. The van der Waals surface area contributed by atoms with Crippen LogP contribution in [0.15, 0.2) is 59.6 Å². The number of amides is 1. The normalized spacial score (nSPS) is 11.5. The van der Waals surface area contributed by atoms with Gasteiger partial charge in [0.25, 0.3) is 15.9 Å². The SMILES string of the molecule is Cc1cc(C)c(S(=O)(=O)Nc2cc(C(=O)Nc3ccc4[nH]ncc4c3)ccc2C)c(C)c1. The van der Waals surface area contributed by atoms with Crippen molar-refractivity contribution in [1.82, 2.24) is 10.2 Å². The summed E-state index contributed by atoms with van der Waals surface area (Å²) in [5, 5.41) is 10.6. The smallest absolute Gasteiger partial charge is 0.262 e. The van der Waals surface area contributed by atoms with Crippen molar-refractivity contribution in [2.24, 2.45) is 0 Å². The number of aromatic amines is 1. The second-order valence-corrected chi connectivity index (χ2v) is 9.61. The molecule has 1 aromatic heterocycles. The largest absolute Gasteiger partial charge is 0.322 e. The number of benzene rings is 3. The molecule has 0 saturated carbocycles. The van der Waals surface area contributed by atoms with E-state index in [9.17, 15) is 13.2 Å². The summed E-state index contributed by atoms with van der Waals surface area (Å²) in [6, 6.07) is 14.1. The highest BCUT2D eigenvalue weighted by molar-refractivity contribution is 7.92. The van der Waals surface area contributed by atoms with Crippen molar-refractivity contribution in [3.63, 3.8) is 0 Å². The molecule has 0 fully saturated rings. The Balaban J connectivity index is 1.61. The lowest BCUT2D eigenvalue weighted by atomic mass is 10.1. The van der Waals surface area contributed by atoms with Crippen LogP contribution in [-0.2, 0) is 10.0 Å². The summed E-state index contributed by atoms with van der Waals surface area (Å²) in [5.74, 6) is -0.337. The van der Waals surface area contributed by atoms with E-state index >= 15 is 0 Å². The van der Waals surface area contributed by atoms with Gasteiger partial charge in [0, 0.05) is 16.6 Å². The molecule has 32 heavy (non-hydrogen) atoms. The monoisotopic (exact) mass is 448 g/mol. The van der Waals surface area contributed by atoms with Gasteiger partial charge in [-0.15, -0.1) is 0 Å². The lowest BCUT2D eigenvalue weighted by Crippen LogP contribution is -2.18. The number of sulfonamides is 1. The molecule has 0 saturated heterocycles. The van der Waals surface area contributed by atoms with Crippen LogP contribution < -0.4 is 10.0 Å². The molecule has 0 aliphatic rings. The molecule has 4 rings (SSSR count). The molecule has 3 aromatic carbocycles. The van der Waals surface area contributed by atoms with Gasteiger partial charge in [-0.3, -0.25) is 14.6 Å². The Morgan fingerprint density at radius 3 is 2.34 bits per heavy atom. The first-order valence-electron chi connectivity index (χ1n) is 10.1. The number of aromatic nitrogens is 2. The number of aryl methyl sites for hydroxylation is 4. The van der Waals surface area contributed by atoms with Crippen LogP contribution in [0.1, 0.15) is 32.6 Å². The van der Waals surface area contributed by atoms with Crippen molar-refractivity contribution >= 4 is 38.2 Å². The molecule has 1 heterocycles. The molecular weight excluding hydrogens is 424 g/mol. The Hall–Kier alpha value is -3.65. The molecule has 0 spiro atoms. The molecular formula is C24H24N4O3S. The Bertz CT molecular complexity index is 1430. The van der Waals surface area contributed by atoms with Gasteiger partial charge >= 0.3 is 0 Å². The minimum atomic E-state index is -3.83. The lowest BCUT2D eigenvalue weighted by molar-refractivity contribution is 0.102. The second-order valence-electron chi connectivity index (χ2n) is 7.99. The Morgan fingerprint density at radius 1 is 0.906 bits per heavy atom. The fourth-order valence-corrected chi connectivity index (χ4v) is 5.46. The molecule has 164 valence electrons. The van der Waals surface area contributed by atoms with Crippen molar-refractivity contribution in [2.45, 2.75) is 32.6 Å². The highest BCUT2D eigenvalue weighted by Crippen LogP contribution is 2.27. The van der Waals surface area contributed by atoms with Gasteiger partial charge in [-0.25, -0.2) is 8.42 Å². The number of hydrogen-bond donors (Lipinski definition) is 3. The second kappa shape index (κ2) is 8.12. The highest BCUT2D eigenvalue weighted by Gasteiger charge is 2.21. The van der Waals surface area contributed by atoms with Crippen molar-refractivity contribution in [3.8, 4) is 0 Å². The van der Waals surface area contributed by atoms with Gasteiger partial charge in [0.2, 0.25) is 0 Å². The average Bonchev–Trinajstić information content (AvgIpc) is 3.16. The number of nitrogens with zero attached hydrogens (tertiary/aromatic N) is 1. The maximum atomic E-state index is 13.2. The maximum absolute atomic E-state index is 13.2. The molecule has 0 unspecified atom stereocenters. The van der Waals surface area contributed by atoms with E-state index in [1.165, 1.54) is 0 Å². The summed E-state index contributed by atoms with van der Waals surface area (Å²) >= 11 is 0. The van der Waals surface area contributed by atoms with Gasteiger partial charge in [0.15, 0.2) is 0 Å². The third-order valence-corrected chi connectivity index (χ3v) is 6.99. The molecule has 0 radical (unpaired) electrons. The van der Waals surface area contributed by atoms with Gasteiger partial charge in [-0.05, 0) is 74.7 Å². The van der Waals surface area contributed by atoms with Gasteiger partial charge in [-0.1, -0.05) is 23.8 Å². The molecule has 3 N–H and O–H groups in total. The summed E-state index contributed by atoms with van der Waals surface area (Å²) in [6.45, 7) is 7.28. The lowest BCUT2D eigenvalue weighted by Gasteiger charge is -2.16. The zero-order chi connectivity index (χ0) is 23.0. The van der Waals surface area contributed by atoms with E-state index in [0.717, 1.165) is 16.5 Å². The van der Waals surface area contributed by atoms with Crippen molar-refractivity contribution in [3.05, 3.63) is 82.5 Å². The van der Waals surface area contributed by atoms with E-state index in [1.807, 2.05) is 31.2 Å². The summed E-state index contributed by atoms with van der Waals surface area (Å²) in [7, 11) is -3.83. The fraction of sp³-hybridized carbons (Fsp3) is 0.167. The van der Waals surface area contributed by atoms with Crippen molar-refractivity contribution < 1.29 is 13.2 Å². The average molecular weight is 449 g/mol. The van der Waals surface area contributed by atoms with Crippen LogP contribution in [0.5, 0.6) is 0 Å². The Morgan fingerprint density at radius 2 is 1.62 bits per heavy atom. The molecule has 0 atom stereocenters. The first-order valence-corrected chi connectivity index (χ1v) is 11.6. The third kappa shape index (κ3) is 4.22. The van der Waals surface area contributed by atoms with E-state index < -0.39 is 10.0 Å². The van der Waals surface area contributed by atoms with Crippen LogP contribution in [0.2, 0.25) is 0 Å². The number of fused-ring (bicyclic) bond motifs is 1. The number of rotatable bonds is 5. The van der Waals surface area contributed by atoms with Crippen LogP contribution in [0.25, 0.3) is 10.9 Å². The van der Waals surface area contributed by atoms with E-state index in [-0.39, 0.29) is 10.8 Å². The Labute approximate surface area is 186 Å². The standard InChI is InChI=1S/C24H24N4O3S/c1-14-9-16(3)23(17(4)10-14)32(30,31)28-22-12-18(6-5-15(22)2)24(29)26-20-7-8-21-19(11-20)13-25-27-21/h5-13,28H,1-4H3,(H,25,27)(H,26,29). The molecule has 1 amide bonds. The number of hydrogen-bond acceptors (Lipinski definition) is 4. The van der Waals surface area contributed by atoms with Crippen LogP contribution in [0.3, 0.4) is 0 Å². The zero-order valence-corrected chi connectivity index (χ0v) is 19.1. The quantitative estimate of drug-likeness (QED) is 0.406. The van der Waals surface area contributed by atoms with Gasteiger partial charge in [0.1, 0.15) is 0 Å². The number of carbonyl (C=O) groups is 1. The minimum Gasteiger partial charge on any atom is -0.322 e. The van der Waals surface area contributed by atoms with Crippen LogP contribution >= 0.6 is 0 Å². The van der Waals surface area contributed by atoms with E-state index in [1.54, 1.807) is 51.2 Å². The number of nitrogens with one attached hydrogen (secondary N) is 3. The van der Waals surface area contributed by atoms with Crippen molar-refractivity contribution in [1.29, 1.82) is 0 Å². The van der Waals surface area contributed by atoms with Crippen LogP contribution in [0.4, 0.5) is 11.4 Å². The van der Waals surface area contributed by atoms with E-state index in [4.69, 9.17) is 0 Å². The summed E-state index contributed by atoms with van der Waals surface area (Å²) in [4.78, 5) is 13.1. The molecule has 7 nitrogen and oxygen atoms in total. The first-order chi connectivity index (χ1) is 15.1. The molecule has 4 aromatic rings. The summed E-state index contributed by atoms with van der Waals surface area (Å²) in [6.07, 6.45) is 1.68. The molecule has 8 heteroatoms. The summed E-state index contributed by atoms with van der Waals surface area (Å²) in [5.41, 5.74) is 5.27. The Kier molecular flexibility index (Phi) is 5.48. The predicted octanol–water partition coefficient (Wildman–Crippen LogP) is 4.85. The minimum absolute atomic E-state index is 0.255. The van der Waals surface area contributed by atoms with Gasteiger partial charge in [-0.2, -0.15) is 5.10 Å². The first kappa shape index (κ1) is 21.6. The molecule has 0 aliphatic heterocycles. The van der Waals surface area contributed by atoms with E-state index in [0.29, 0.717) is 33.6 Å². The van der Waals surface area contributed by atoms with Gasteiger partial charge in [0.05, 0.1) is 22.3 Å². The van der Waals surface area contributed by atoms with Crippen molar-refractivity contribution in [2.75, 3.05) is 10.0 Å². The highest BCUT2D eigenvalue weighted by atomic mass is 32.2. The number of carbonyl (C=O) groups excluding carboxylic acids is 1. The maximum Gasteiger partial charge on any atom is 0.262 e. The molecule has 0 aliphatic carbocycles. The number of H-pyrrole nitrogens is 1. The predicted molar refractivity (Wildman–Crippen MR) is 127 cm³/mol. The summed E-state index contributed by atoms with van der Waals surface area (Å²) < 4.78 is 29.0. The zero-order valence-electron chi connectivity index (χ0n) is 18.3. The topological polar surface area (TPSA) is 104 Å². The van der Waals surface area contributed by atoms with E-state index in [2.05, 4.69) is 20.2 Å². The molecule has 0 bridgehead atoms. The van der Waals surface area contributed by atoms with Crippen LogP contribution in [0, 0.1) is 27.7 Å². The number of anilines is 2. The van der Waals surface area contributed by atoms with Gasteiger partial charge < -0.3 is 5.32 Å². The van der Waals surface area contributed by atoms with Crippen LogP contribution in [-0.4, -0.2) is 24.5 Å². The third-order valence-electron chi connectivity index (χ3n) is 5.32.